The van der Waals surface area contributed by atoms with E-state index in [4.69, 9.17) is 28.4 Å². The molecule has 7 nitrogen and oxygen atoms in total. The van der Waals surface area contributed by atoms with Crippen molar-refractivity contribution in [2.24, 2.45) is 0 Å². The van der Waals surface area contributed by atoms with Crippen molar-refractivity contribution < 1.29 is 33.2 Å². The van der Waals surface area contributed by atoms with Crippen molar-refractivity contribution in [2.75, 3.05) is 6.61 Å². The minimum Gasteiger partial charge on any atom is -0.469 e. The zero-order valence-corrected chi connectivity index (χ0v) is 22.7. The number of benzene rings is 3. The lowest BCUT2D eigenvalue weighted by molar-refractivity contribution is -0.270. The van der Waals surface area contributed by atoms with Crippen LogP contribution in [0.5, 0.6) is 0 Å². The number of hydrogen-bond donors (Lipinski definition) is 0. The number of carbonyl (C=O) groups is 1. The maximum atomic E-state index is 12.0. The summed E-state index contributed by atoms with van der Waals surface area (Å²) in [5.74, 6) is 0.136. The maximum absolute atomic E-state index is 12.0. The Bertz CT molecular complexity index is 1220. The molecule has 0 unspecified atom stereocenters. The van der Waals surface area contributed by atoms with Gasteiger partial charge in [0.15, 0.2) is 0 Å². The third-order valence-electron chi connectivity index (χ3n) is 6.84. The fourth-order valence-electron chi connectivity index (χ4n) is 4.89. The van der Waals surface area contributed by atoms with Crippen LogP contribution < -0.4 is 0 Å². The van der Waals surface area contributed by atoms with E-state index >= 15 is 0 Å². The molecule has 5 rings (SSSR count). The number of rotatable bonds is 12. The van der Waals surface area contributed by atoms with Crippen molar-refractivity contribution in [3.05, 3.63) is 120 Å². The zero-order chi connectivity index (χ0) is 27.6. The van der Waals surface area contributed by atoms with Crippen LogP contribution >= 0.6 is 0 Å². The maximum Gasteiger partial charge on any atom is 0.334 e. The van der Waals surface area contributed by atoms with Crippen LogP contribution in [0.1, 0.15) is 36.5 Å². The Kier molecular flexibility index (Phi) is 9.98. The van der Waals surface area contributed by atoms with Crippen LogP contribution in [0.25, 0.3) is 0 Å². The van der Waals surface area contributed by atoms with E-state index in [0.717, 1.165) is 16.7 Å². The van der Waals surface area contributed by atoms with E-state index in [-0.39, 0.29) is 18.8 Å². The van der Waals surface area contributed by atoms with Crippen molar-refractivity contribution in [1.82, 2.24) is 0 Å². The third kappa shape index (κ3) is 8.26. The van der Waals surface area contributed by atoms with Gasteiger partial charge >= 0.3 is 5.97 Å². The van der Waals surface area contributed by atoms with Gasteiger partial charge in [-0.15, -0.1) is 0 Å². The molecule has 0 bridgehead atoms. The lowest BCUT2D eigenvalue weighted by atomic mass is 10.0. The Balaban J connectivity index is 1.33. The van der Waals surface area contributed by atoms with Gasteiger partial charge in [-0.05, 0) is 23.6 Å². The summed E-state index contributed by atoms with van der Waals surface area (Å²) in [7, 11) is 0. The molecule has 1 saturated heterocycles. The van der Waals surface area contributed by atoms with Gasteiger partial charge in [-0.25, -0.2) is 4.79 Å². The monoisotopic (exact) mass is 544 g/mol. The Hall–Kier alpha value is -3.49. The van der Waals surface area contributed by atoms with E-state index in [1.54, 1.807) is 0 Å². The first-order valence-electron chi connectivity index (χ1n) is 13.8. The highest BCUT2D eigenvalue weighted by atomic mass is 16.7. The summed E-state index contributed by atoms with van der Waals surface area (Å²) in [4.78, 5) is 12.0. The van der Waals surface area contributed by atoms with Gasteiger partial charge in [0.25, 0.3) is 0 Å². The van der Waals surface area contributed by atoms with Gasteiger partial charge in [-0.2, -0.15) is 0 Å². The van der Waals surface area contributed by atoms with Gasteiger partial charge in [0.2, 0.25) is 6.29 Å². The Morgan fingerprint density at radius 3 is 1.95 bits per heavy atom. The first kappa shape index (κ1) is 28.1. The van der Waals surface area contributed by atoms with Crippen LogP contribution in [0.4, 0.5) is 0 Å². The zero-order valence-electron chi connectivity index (χ0n) is 22.7. The Labute approximate surface area is 235 Å². The molecule has 0 spiro atoms. The molecule has 210 valence electrons. The SMILES string of the molecule is C[C@H]1CC(O[C@@H]2C[C@@H](OCc3ccccc3)[C@H](OCc3ccccc3)[C@@H](COCc3ccccc3)O2)=CC(=O)O1. The van der Waals surface area contributed by atoms with Crippen molar-refractivity contribution in [2.45, 2.75) is 70.3 Å². The van der Waals surface area contributed by atoms with E-state index in [2.05, 4.69) is 0 Å². The van der Waals surface area contributed by atoms with Crippen molar-refractivity contribution in [3.8, 4) is 0 Å². The first-order chi connectivity index (χ1) is 19.6. The Morgan fingerprint density at radius 1 is 0.775 bits per heavy atom. The topological polar surface area (TPSA) is 72.5 Å². The predicted molar refractivity (Wildman–Crippen MR) is 149 cm³/mol. The van der Waals surface area contributed by atoms with Crippen molar-refractivity contribution >= 4 is 5.97 Å². The minimum atomic E-state index is -0.632. The summed E-state index contributed by atoms with van der Waals surface area (Å²) in [6.45, 7) is 3.41. The molecule has 0 aliphatic carbocycles. The fourth-order valence-corrected chi connectivity index (χ4v) is 4.89. The molecular weight excluding hydrogens is 508 g/mol. The number of hydrogen-bond acceptors (Lipinski definition) is 7. The molecule has 1 fully saturated rings. The molecule has 40 heavy (non-hydrogen) atoms. The van der Waals surface area contributed by atoms with Crippen molar-refractivity contribution in [1.29, 1.82) is 0 Å². The molecule has 0 N–H and O–H groups in total. The molecule has 5 atom stereocenters. The standard InChI is InChI=1S/C33H36O7/c1-24-17-28(18-31(34)38-24)39-32-19-29(36-21-26-13-7-3-8-14-26)33(37-22-27-15-9-4-10-16-27)30(40-32)23-35-20-25-11-5-2-6-12-25/h2-16,18,24,29-30,32-33H,17,19-23H2,1H3/t24-,29+,30+,32-,33-/m0/s1. The van der Waals surface area contributed by atoms with Gasteiger partial charge in [0, 0.05) is 12.8 Å². The molecule has 2 heterocycles. The lowest BCUT2D eigenvalue weighted by Crippen LogP contribution is -2.53. The van der Waals surface area contributed by atoms with Gasteiger partial charge < -0.3 is 28.4 Å². The largest absolute Gasteiger partial charge is 0.469 e. The number of ether oxygens (including phenoxy) is 6. The summed E-state index contributed by atoms with van der Waals surface area (Å²) >= 11 is 0. The molecule has 3 aromatic rings. The molecule has 7 heteroatoms. The third-order valence-corrected chi connectivity index (χ3v) is 6.84. The molecule has 0 radical (unpaired) electrons. The fraction of sp³-hybridized carbons (Fsp3) is 0.364. The van der Waals surface area contributed by atoms with Gasteiger partial charge in [0.1, 0.15) is 24.1 Å². The predicted octanol–water partition coefficient (Wildman–Crippen LogP) is 5.72. The van der Waals surface area contributed by atoms with Crippen LogP contribution in [-0.4, -0.2) is 43.3 Å². The quantitative estimate of drug-likeness (QED) is 0.270. The molecular formula is C33H36O7. The Morgan fingerprint density at radius 2 is 1.35 bits per heavy atom. The smallest absolute Gasteiger partial charge is 0.334 e. The van der Waals surface area contributed by atoms with E-state index in [0.29, 0.717) is 38.4 Å². The second-order valence-electron chi connectivity index (χ2n) is 10.1. The van der Waals surface area contributed by atoms with E-state index in [9.17, 15) is 4.79 Å². The second kappa shape index (κ2) is 14.2. The van der Waals surface area contributed by atoms with Gasteiger partial charge in [0.05, 0.1) is 38.6 Å². The van der Waals surface area contributed by atoms with Crippen molar-refractivity contribution in [3.63, 3.8) is 0 Å². The normalized spacial score (nSPS) is 24.7. The average Bonchev–Trinajstić information content (AvgIpc) is 2.96. The number of cyclic esters (lactones) is 1. The number of esters is 1. The highest BCUT2D eigenvalue weighted by Gasteiger charge is 2.42. The van der Waals surface area contributed by atoms with Crippen LogP contribution in [0, 0.1) is 0 Å². The molecule has 2 aliphatic rings. The lowest BCUT2D eigenvalue weighted by Gasteiger charge is -2.41. The number of carbonyl (C=O) groups excluding carboxylic acids is 1. The summed E-state index contributed by atoms with van der Waals surface area (Å²) in [6, 6.07) is 30.1. The molecule has 0 saturated carbocycles. The molecule has 3 aromatic carbocycles. The highest BCUT2D eigenvalue weighted by molar-refractivity contribution is 5.83. The van der Waals surface area contributed by atoms with Gasteiger partial charge in [-0.1, -0.05) is 91.0 Å². The molecule has 2 aliphatic heterocycles. The van der Waals surface area contributed by atoms with E-state index < -0.39 is 24.5 Å². The first-order valence-corrected chi connectivity index (χ1v) is 13.8. The van der Waals surface area contributed by atoms with Crippen LogP contribution in [0.2, 0.25) is 0 Å². The summed E-state index contributed by atoms with van der Waals surface area (Å²) < 4.78 is 36.9. The highest BCUT2D eigenvalue weighted by Crippen LogP contribution is 2.31. The summed E-state index contributed by atoms with van der Waals surface area (Å²) in [5.41, 5.74) is 3.20. The second-order valence-corrected chi connectivity index (χ2v) is 10.1. The van der Waals surface area contributed by atoms with E-state index in [1.165, 1.54) is 6.08 Å². The van der Waals surface area contributed by atoms with Gasteiger partial charge in [-0.3, -0.25) is 0 Å². The summed E-state index contributed by atoms with van der Waals surface area (Å²) in [6.07, 6.45) is 0.236. The van der Waals surface area contributed by atoms with E-state index in [1.807, 2.05) is 97.9 Å². The molecule has 0 amide bonds. The summed E-state index contributed by atoms with van der Waals surface area (Å²) in [5, 5.41) is 0. The van der Waals surface area contributed by atoms with Crippen LogP contribution in [0.15, 0.2) is 103 Å². The van der Waals surface area contributed by atoms with Crippen LogP contribution in [0.3, 0.4) is 0 Å². The minimum absolute atomic E-state index is 0.256. The molecule has 0 aromatic heterocycles. The average molecular weight is 545 g/mol. The van der Waals surface area contributed by atoms with Crippen LogP contribution in [-0.2, 0) is 53.0 Å².